The summed E-state index contributed by atoms with van der Waals surface area (Å²) >= 11 is 3.58. The van der Waals surface area contributed by atoms with Gasteiger partial charge in [-0.05, 0) is 12.8 Å². The molecule has 0 aromatic carbocycles. The van der Waals surface area contributed by atoms with Gasteiger partial charge in [0, 0.05) is 12.8 Å². The molecule has 0 N–H and O–H groups in total. The van der Waals surface area contributed by atoms with Gasteiger partial charge >= 0.3 is 0 Å². The Morgan fingerprint density at radius 2 is 1.22 bits per heavy atom. The largest absolute Gasteiger partial charge is 1.00 e. The molecule has 2 aromatic rings. The summed E-state index contributed by atoms with van der Waals surface area (Å²) in [4.78, 5) is 0. The van der Waals surface area contributed by atoms with Gasteiger partial charge < -0.3 is 48.0 Å². The van der Waals surface area contributed by atoms with E-state index < -0.39 is 0 Å². The number of nitrogens with zero attached hydrogens (tertiary/aromatic N) is 2. The van der Waals surface area contributed by atoms with Gasteiger partial charge in [-0.25, -0.2) is 0 Å². The Bertz CT molecular complexity index is 389. The van der Waals surface area contributed by atoms with E-state index >= 15 is 0 Å². The number of rotatable bonds is 2. The highest BCUT2D eigenvalue weighted by Gasteiger charge is 2.39. The minimum absolute atomic E-state index is 0. The van der Waals surface area contributed by atoms with Crippen molar-refractivity contribution in [3.63, 3.8) is 0 Å². The van der Waals surface area contributed by atoms with Gasteiger partial charge in [0.2, 0.25) is 23.1 Å². The zero-order valence-corrected chi connectivity index (χ0v) is 15.9. The van der Waals surface area contributed by atoms with E-state index in [2.05, 4.69) is 43.3 Å². The summed E-state index contributed by atoms with van der Waals surface area (Å²) in [5.41, 5.74) is 4.49. The van der Waals surface area contributed by atoms with Crippen molar-refractivity contribution in [2.45, 2.75) is 37.8 Å². The van der Waals surface area contributed by atoms with E-state index in [4.69, 9.17) is 0 Å². The molecule has 0 bridgehead atoms. The molecular weight excluding hydrogens is 490 g/mol. The van der Waals surface area contributed by atoms with Crippen molar-refractivity contribution in [3.05, 3.63) is 34.2 Å². The molecule has 2 atom stereocenters. The van der Waals surface area contributed by atoms with Gasteiger partial charge in [-0.3, -0.25) is 0 Å². The Kier molecular flexibility index (Phi) is 7.55. The van der Waals surface area contributed by atoms with E-state index in [0.717, 1.165) is 0 Å². The van der Waals surface area contributed by atoms with Gasteiger partial charge in [-0.15, -0.1) is 0 Å². The Morgan fingerprint density at radius 1 is 0.778 bits per heavy atom. The first-order chi connectivity index (χ1) is 7.95. The molecule has 100 valence electrons. The van der Waals surface area contributed by atoms with Crippen LogP contribution in [0.2, 0.25) is 0 Å². The van der Waals surface area contributed by atoms with Gasteiger partial charge in [0.05, 0.1) is 10.8 Å². The molecule has 2 heterocycles. The zero-order valence-electron chi connectivity index (χ0n) is 9.91. The van der Waals surface area contributed by atoms with E-state index in [1.54, 1.807) is 22.7 Å². The van der Waals surface area contributed by atoms with E-state index in [1.165, 1.54) is 25.7 Å². The van der Waals surface area contributed by atoms with E-state index in [1.807, 2.05) is 0 Å². The Balaban J connectivity index is 0.000000810. The smallest absolute Gasteiger partial charge is 0.225 e. The Morgan fingerprint density at radius 3 is 1.56 bits per heavy atom. The monoisotopic (exact) mass is 506 g/mol. The van der Waals surface area contributed by atoms with Crippen LogP contribution in [0.1, 0.15) is 37.8 Å². The summed E-state index contributed by atoms with van der Waals surface area (Å²) in [7, 11) is 0. The van der Waals surface area contributed by atoms with Crippen molar-refractivity contribution < 1.29 is 57.1 Å². The van der Waals surface area contributed by atoms with Crippen LogP contribution in [-0.2, 0) is 0 Å². The third kappa shape index (κ3) is 3.63. The lowest BCUT2D eigenvalue weighted by Crippen LogP contribution is -3.00. The number of aromatic nitrogens is 2. The van der Waals surface area contributed by atoms with Crippen molar-refractivity contribution in [1.82, 2.24) is 0 Å². The first-order valence-electron chi connectivity index (χ1n) is 5.81. The molecule has 0 amide bonds. The maximum Gasteiger partial charge on any atom is 0.225 e. The standard InChI is InChI=1S/C12H16N2S2.2HI/c1-2-4-12(14-6-8-16-10-14)11(3-1)13-5-7-15-9-13;;/h5-12H,1-4H2;2*1H/q+2;;/p-2/t11-,12-;;/m1../s1. The molecule has 0 saturated heterocycles. The van der Waals surface area contributed by atoms with Crippen LogP contribution in [0.3, 0.4) is 0 Å². The highest BCUT2D eigenvalue weighted by molar-refractivity contribution is 7.07. The minimum Gasteiger partial charge on any atom is -1.00 e. The second-order valence-electron chi connectivity index (χ2n) is 4.37. The fourth-order valence-corrected chi connectivity index (χ4v) is 3.95. The summed E-state index contributed by atoms with van der Waals surface area (Å²) in [6.07, 6.45) is 9.81. The van der Waals surface area contributed by atoms with Gasteiger partial charge in [0.1, 0.15) is 0 Å². The van der Waals surface area contributed by atoms with Gasteiger partial charge in [-0.1, -0.05) is 22.7 Å². The highest BCUT2D eigenvalue weighted by Crippen LogP contribution is 2.30. The number of halogens is 2. The van der Waals surface area contributed by atoms with E-state index in [0.29, 0.717) is 12.1 Å². The van der Waals surface area contributed by atoms with Crippen LogP contribution in [0.25, 0.3) is 0 Å². The topological polar surface area (TPSA) is 7.76 Å². The third-order valence-electron chi connectivity index (χ3n) is 3.45. The van der Waals surface area contributed by atoms with Crippen molar-refractivity contribution in [2.24, 2.45) is 0 Å². The SMILES string of the molecule is [I-].[I-].c1c[n+]([C@@H]2CCCC[C@H]2[n+]2ccsc2)cs1. The summed E-state index contributed by atoms with van der Waals surface area (Å²) < 4.78 is 4.80. The summed E-state index contributed by atoms with van der Waals surface area (Å²) in [5.74, 6) is 0. The summed E-state index contributed by atoms with van der Waals surface area (Å²) in [6, 6.07) is 1.30. The lowest BCUT2D eigenvalue weighted by molar-refractivity contribution is -0.815. The average molecular weight is 506 g/mol. The lowest BCUT2D eigenvalue weighted by atomic mass is 9.90. The number of thiazole rings is 2. The number of hydrogen-bond donors (Lipinski definition) is 0. The first kappa shape index (κ1) is 16.8. The van der Waals surface area contributed by atoms with E-state index in [-0.39, 0.29) is 48.0 Å². The van der Waals surface area contributed by atoms with Crippen molar-refractivity contribution in [3.8, 4) is 0 Å². The molecule has 0 radical (unpaired) electrons. The molecule has 1 saturated carbocycles. The lowest BCUT2D eigenvalue weighted by Gasteiger charge is -2.21. The molecule has 18 heavy (non-hydrogen) atoms. The van der Waals surface area contributed by atoms with Crippen molar-refractivity contribution >= 4 is 22.7 Å². The van der Waals surface area contributed by atoms with E-state index in [9.17, 15) is 0 Å². The summed E-state index contributed by atoms with van der Waals surface area (Å²) in [5, 5.41) is 4.34. The molecular formula is C12H16I2N2S2. The van der Waals surface area contributed by atoms with Crippen LogP contribution in [0.4, 0.5) is 0 Å². The number of hydrogen-bond acceptors (Lipinski definition) is 2. The molecule has 0 spiro atoms. The Hall–Kier alpha value is 0.720. The van der Waals surface area contributed by atoms with Crippen LogP contribution in [-0.4, -0.2) is 0 Å². The molecule has 0 aliphatic heterocycles. The van der Waals surface area contributed by atoms with Crippen molar-refractivity contribution in [1.29, 1.82) is 0 Å². The molecule has 3 rings (SSSR count). The molecule has 1 aliphatic carbocycles. The van der Waals surface area contributed by atoms with Crippen LogP contribution in [0.15, 0.2) is 34.2 Å². The molecule has 0 unspecified atom stereocenters. The van der Waals surface area contributed by atoms with Crippen LogP contribution in [0.5, 0.6) is 0 Å². The van der Waals surface area contributed by atoms with Crippen LogP contribution < -0.4 is 57.1 Å². The molecule has 2 aromatic heterocycles. The fourth-order valence-electron chi connectivity index (χ4n) is 2.66. The molecule has 1 fully saturated rings. The predicted molar refractivity (Wildman–Crippen MR) is 65.6 cm³/mol. The molecule has 2 nitrogen and oxygen atoms in total. The molecule has 1 aliphatic rings. The second kappa shape index (κ2) is 8.11. The normalized spacial score (nSPS) is 22.9. The Labute approximate surface area is 150 Å². The quantitative estimate of drug-likeness (QED) is 0.299. The van der Waals surface area contributed by atoms with Crippen molar-refractivity contribution in [2.75, 3.05) is 0 Å². The fraction of sp³-hybridized carbons (Fsp3) is 0.500. The van der Waals surface area contributed by atoms with Crippen LogP contribution in [0, 0.1) is 0 Å². The highest BCUT2D eigenvalue weighted by atomic mass is 127. The maximum atomic E-state index is 2.40. The van der Waals surface area contributed by atoms with Gasteiger partial charge in [0.25, 0.3) is 0 Å². The predicted octanol–water partition coefficient (Wildman–Crippen LogP) is -3.25. The van der Waals surface area contributed by atoms with Crippen LogP contribution >= 0.6 is 22.7 Å². The summed E-state index contributed by atoms with van der Waals surface area (Å²) in [6.45, 7) is 0. The second-order valence-corrected chi connectivity index (χ2v) is 5.88. The van der Waals surface area contributed by atoms with Gasteiger partial charge in [0.15, 0.2) is 12.4 Å². The minimum atomic E-state index is 0. The zero-order chi connectivity index (χ0) is 10.8. The molecule has 6 heteroatoms. The third-order valence-corrected chi connectivity index (χ3v) is 4.74. The average Bonchev–Trinajstić information content (AvgIpc) is 3.03. The first-order valence-corrected chi connectivity index (χ1v) is 7.69. The van der Waals surface area contributed by atoms with Gasteiger partial charge in [-0.2, -0.15) is 9.13 Å². The maximum absolute atomic E-state index is 2.40.